The molecule has 9 heteroatoms. The van der Waals surface area contributed by atoms with Crippen LogP contribution in [-0.4, -0.2) is 57.0 Å². The number of carbonyl (C=O) groups excluding carboxylic acids is 1. The molecule has 0 spiro atoms. The van der Waals surface area contributed by atoms with Gasteiger partial charge in [-0.1, -0.05) is 12.1 Å². The molecule has 4 rings (SSSR count). The second-order valence-corrected chi connectivity index (χ2v) is 7.62. The molecule has 3 aromatic rings. The first-order valence-electron chi connectivity index (χ1n) is 10.5. The SMILES string of the molecule is COc1ccccc1O[C@@H](C)C(=O)N1CCC(c2cc(=O)[nH]c(-c3cnccn3)n2)CC1. The van der Waals surface area contributed by atoms with Gasteiger partial charge in [0.05, 0.1) is 19.0 Å². The van der Waals surface area contributed by atoms with Crippen LogP contribution in [0.15, 0.2) is 53.7 Å². The van der Waals surface area contributed by atoms with Gasteiger partial charge in [0, 0.05) is 37.5 Å². The van der Waals surface area contributed by atoms with Crippen LogP contribution >= 0.6 is 0 Å². The van der Waals surface area contributed by atoms with Crippen molar-refractivity contribution in [1.82, 2.24) is 24.8 Å². The Bertz CT molecular complexity index is 1130. The van der Waals surface area contributed by atoms with Crippen LogP contribution in [0.1, 0.15) is 31.4 Å². The molecule has 0 unspecified atom stereocenters. The number of hydrogen-bond donors (Lipinski definition) is 1. The average Bonchev–Trinajstić information content (AvgIpc) is 2.84. The molecule has 166 valence electrons. The zero-order valence-electron chi connectivity index (χ0n) is 18.0. The largest absolute Gasteiger partial charge is 0.493 e. The third-order valence-corrected chi connectivity index (χ3v) is 5.51. The number of likely N-dealkylation sites (tertiary alicyclic amines) is 1. The number of ether oxygens (including phenoxy) is 2. The Hall–Kier alpha value is -3.75. The number of hydrogen-bond acceptors (Lipinski definition) is 7. The molecule has 1 atom stereocenters. The number of methoxy groups -OCH3 is 1. The van der Waals surface area contributed by atoms with E-state index in [0.29, 0.717) is 54.6 Å². The number of nitrogens with zero attached hydrogens (tertiary/aromatic N) is 4. The minimum atomic E-state index is -0.635. The maximum Gasteiger partial charge on any atom is 0.263 e. The van der Waals surface area contributed by atoms with Crippen molar-refractivity contribution in [2.24, 2.45) is 0 Å². The molecule has 1 aliphatic heterocycles. The quantitative estimate of drug-likeness (QED) is 0.633. The Labute approximate surface area is 185 Å². The van der Waals surface area contributed by atoms with Gasteiger partial charge in [0.25, 0.3) is 11.5 Å². The fraction of sp³-hybridized carbons (Fsp3) is 0.348. The van der Waals surface area contributed by atoms with Crippen LogP contribution in [0.3, 0.4) is 0 Å². The van der Waals surface area contributed by atoms with Crippen LogP contribution in [0.2, 0.25) is 0 Å². The van der Waals surface area contributed by atoms with Crippen molar-refractivity contribution in [3.8, 4) is 23.0 Å². The maximum absolute atomic E-state index is 12.9. The molecule has 3 heterocycles. The molecular weight excluding hydrogens is 410 g/mol. The molecule has 32 heavy (non-hydrogen) atoms. The number of nitrogens with one attached hydrogen (secondary N) is 1. The van der Waals surface area contributed by atoms with E-state index in [0.717, 1.165) is 0 Å². The second kappa shape index (κ2) is 9.59. The fourth-order valence-corrected chi connectivity index (χ4v) is 3.84. The summed E-state index contributed by atoms with van der Waals surface area (Å²) in [4.78, 5) is 42.5. The lowest BCUT2D eigenvalue weighted by molar-refractivity contribution is -0.139. The molecule has 1 N–H and O–H groups in total. The zero-order chi connectivity index (χ0) is 22.5. The highest BCUT2D eigenvalue weighted by molar-refractivity contribution is 5.81. The summed E-state index contributed by atoms with van der Waals surface area (Å²) in [6.45, 7) is 2.88. The van der Waals surface area contributed by atoms with E-state index in [1.54, 1.807) is 49.7 Å². The molecule has 1 amide bonds. The normalized spacial score (nSPS) is 15.2. The van der Waals surface area contributed by atoms with E-state index in [-0.39, 0.29) is 17.4 Å². The van der Waals surface area contributed by atoms with Crippen LogP contribution in [-0.2, 0) is 4.79 Å². The predicted molar refractivity (Wildman–Crippen MR) is 118 cm³/mol. The first kappa shape index (κ1) is 21.5. The third kappa shape index (κ3) is 4.77. The van der Waals surface area contributed by atoms with Gasteiger partial charge in [0.15, 0.2) is 23.4 Å². The van der Waals surface area contributed by atoms with Gasteiger partial charge in [-0.05, 0) is 31.9 Å². The number of aromatic nitrogens is 4. The highest BCUT2D eigenvalue weighted by atomic mass is 16.5. The number of para-hydroxylation sites is 2. The van der Waals surface area contributed by atoms with Gasteiger partial charge in [-0.3, -0.25) is 14.6 Å². The Balaban J connectivity index is 1.40. The van der Waals surface area contributed by atoms with Gasteiger partial charge in [0.2, 0.25) is 0 Å². The van der Waals surface area contributed by atoms with Gasteiger partial charge < -0.3 is 19.4 Å². The number of rotatable bonds is 6. The summed E-state index contributed by atoms with van der Waals surface area (Å²) >= 11 is 0. The highest BCUT2D eigenvalue weighted by Gasteiger charge is 2.29. The average molecular weight is 435 g/mol. The van der Waals surface area contributed by atoms with Gasteiger partial charge in [-0.25, -0.2) is 9.97 Å². The number of benzene rings is 1. The number of carbonyl (C=O) groups is 1. The van der Waals surface area contributed by atoms with Crippen LogP contribution in [0.25, 0.3) is 11.5 Å². The number of aromatic amines is 1. The predicted octanol–water partition coefficient (Wildman–Crippen LogP) is 2.41. The van der Waals surface area contributed by atoms with Crippen molar-refractivity contribution in [3.63, 3.8) is 0 Å². The summed E-state index contributed by atoms with van der Waals surface area (Å²) in [5.74, 6) is 1.54. The lowest BCUT2D eigenvalue weighted by Gasteiger charge is -2.33. The Morgan fingerprint density at radius 2 is 1.94 bits per heavy atom. The van der Waals surface area contributed by atoms with Crippen molar-refractivity contribution < 1.29 is 14.3 Å². The number of piperidine rings is 1. The smallest absolute Gasteiger partial charge is 0.263 e. The summed E-state index contributed by atoms with van der Waals surface area (Å²) in [6.07, 6.45) is 5.47. The second-order valence-electron chi connectivity index (χ2n) is 7.62. The monoisotopic (exact) mass is 435 g/mol. The molecule has 2 aromatic heterocycles. The van der Waals surface area contributed by atoms with E-state index >= 15 is 0 Å². The summed E-state index contributed by atoms with van der Waals surface area (Å²) in [6, 6.07) is 8.78. The fourth-order valence-electron chi connectivity index (χ4n) is 3.84. The van der Waals surface area contributed by atoms with Crippen molar-refractivity contribution >= 4 is 5.91 Å². The van der Waals surface area contributed by atoms with E-state index < -0.39 is 6.10 Å². The summed E-state index contributed by atoms with van der Waals surface area (Å²) in [7, 11) is 1.57. The van der Waals surface area contributed by atoms with Gasteiger partial charge in [-0.15, -0.1) is 0 Å². The molecule has 0 saturated carbocycles. The first-order valence-corrected chi connectivity index (χ1v) is 10.5. The van der Waals surface area contributed by atoms with Gasteiger partial charge in [-0.2, -0.15) is 0 Å². The molecule has 1 aromatic carbocycles. The zero-order valence-corrected chi connectivity index (χ0v) is 18.0. The number of amides is 1. The summed E-state index contributed by atoms with van der Waals surface area (Å²) in [5, 5.41) is 0. The van der Waals surface area contributed by atoms with Crippen molar-refractivity contribution in [1.29, 1.82) is 0 Å². The molecule has 1 fully saturated rings. The van der Waals surface area contributed by atoms with E-state index in [9.17, 15) is 9.59 Å². The minimum Gasteiger partial charge on any atom is -0.493 e. The molecule has 0 bridgehead atoms. The minimum absolute atomic E-state index is 0.0755. The van der Waals surface area contributed by atoms with Gasteiger partial charge >= 0.3 is 0 Å². The standard InChI is InChI=1S/C23H25N5O4/c1-15(32-20-6-4-3-5-19(20)31-2)23(30)28-11-7-16(8-12-28)17-13-21(29)27-22(26-17)18-14-24-9-10-25-18/h3-6,9-10,13-16H,7-8,11-12H2,1-2H3,(H,26,27,29)/t15-/m0/s1. The topological polar surface area (TPSA) is 110 Å². The molecule has 0 radical (unpaired) electrons. The molecular formula is C23H25N5O4. The lowest BCUT2D eigenvalue weighted by Crippen LogP contribution is -2.44. The van der Waals surface area contributed by atoms with Gasteiger partial charge in [0.1, 0.15) is 5.69 Å². The van der Waals surface area contributed by atoms with Crippen molar-refractivity contribution in [2.75, 3.05) is 20.2 Å². The van der Waals surface area contributed by atoms with Crippen LogP contribution in [0.5, 0.6) is 11.5 Å². The van der Waals surface area contributed by atoms with Crippen molar-refractivity contribution in [2.45, 2.75) is 31.8 Å². The highest BCUT2D eigenvalue weighted by Crippen LogP contribution is 2.29. The molecule has 9 nitrogen and oxygen atoms in total. The Morgan fingerprint density at radius 3 is 2.62 bits per heavy atom. The maximum atomic E-state index is 12.9. The van der Waals surface area contributed by atoms with E-state index in [1.165, 1.54) is 6.07 Å². The first-order chi connectivity index (χ1) is 15.5. The van der Waals surface area contributed by atoms with E-state index in [2.05, 4.69) is 19.9 Å². The Morgan fingerprint density at radius 1 is 1.19 bits per heavy atom. The third-order valence-electron chi connectivity index (χ3n) is 5.51. The van der Waals surface area contributed by atoms with Crippen LogP contribution < -0.4 is 15.0 Å². The van der Waals surface area contributed by atoms with Crippen LogP contribution in [0, 0.1) is 0 Å². The van der Waals surface area contributed by atoms with Crippen LogP contribution in [0.4, 0.5) is 0 Å². The lowest BCUT2D eigenvalue weighted by atomic mass is 9.93. The Kier molecular flexibility index (Phi) is 6.44. The van der Waals surface area contributed by atoms with E-state index in [1.807, 2.05) is 12.1 Å². The van der Waals surface area contributed by atoms with Crippen molar-refractivity contribution in [3.05, 3.63) is 65.0 Å². The summed E-state index contributed by atoms with van der Waals surface area (Å²) < 4.78 is 11.1. The molecule has 1 aliphatic rings. The molecule has 0 aliphatic carbocycles. The number of H-pyrrole nitrogens is 1. The summed E-state index contributed by atoms with van der Waals surface area (Å²) in [5.41, 5.74) is 0.995. The van der Waals surface area contributed by atoms with E-state index in [4.69, 9.17) is 9.47 Å². The molecule has 1 saturated heterocycles.